The molecule has 0 aromatic carbocycles. The molecule has 104 valence electrons. The minimum Gasteiger partial charge on any atom is -0.480 e. The molecular weight excluding hydrogens is 248 g/mol. The maximum absolute atomic E-state index is 11.6. The van der Waals surface area contributed by atoms with Crippen LogP contribution in [0.25, 0.3) is 0 Å². The number of ether oxygens (including phenoxy) is 1. The first kappa shape index (κ1) is 15.1. The highest BCUT2D eigenvalue weighted by molar-refractivity contribution is 5.87. The lowest BCUT2D eigenvalue weighted by Gasteiger charge is -2.07. The standard InChI is InChI=1S/C13H18N2O4/c1-2-3-4-9-5-6-11(15-7-9)13(18)19-8-10(14)12(16)17/h5-7,10H,2-4,8,14H2,1H3,(H,16,17). The summed E-state index contributed by atoms with van der Waals surface area (Å²) in [4.78, 5) is 26.0. The van der Waals surface area contributed by atoms with Gasteiger partial charge in [-0.05, 0) is 24.5 Å². The fourth-order valence-corrected chi connectivity index (χ4v) is 1.38. The fourth-order valence-electron chi connectivity index (χ4n) is 1.38. The van der Waals surface area contributed by atoms with E-state index in [9.17, 15) is 9.59 Å². The zero-order chi connectivity index (χ0) is 14.3. The predicted octanol–water partition coefficient (Wildman–Crippen LogP) is 0.993. The van der Waals surface area contributed by atoms with Crippen LogP contribution in [0.4, 0.5) is 0 Å². The third-order valence-corrected chi connectivity index (χ3v) is 2.56. The van der Waals surface area contributed by atoms with E-state index in [0.29, 0.717) is 0 Å². The van der Waals surface area contributed by atoms with Gasteiger partial charge in [-0.3, -0.25) is 4.79 Å². The number of hydrogen-bond donors (Lipinski definition) is 2. The Morgan fingerprint density at radius 2 is 2.21 bits per heavy atom. The Morgan fingerprint density at radius 1 is 1.47 bits per heavy atom. The van der Waals surface area contributed by atoms with Gasteiger partial charge in [-0.25, -0.2) is 9.78 Å². The predicted molar refractivity (Wildman–Crippen MR) is 68.7 cm³/mol. The second-order valence-corrected chi connectivity index (χ2v) is 4.20. The second-order valence-electron chi connectivity index (χ2n) is 4.20. The zero-order valence-electron chi connectivity index (χ0n) is 10.8. The van der Waals surface area contributed by atoms with E-state index in [1.54, 1.807) is 12.3 Å². The number of pyridine rings is 1. The minimum atomic E-state index is -1.22. The third kappa shape index (κ3) is 5.05. The number of carbonyl (C=O) groups is 2. The highest BCUT2D eigenvalue weighted by Gasteiger charge is 2.15. The summed E-state index contributed by atoms with van der Waals surface area (Å²) in [6, 6.07) is 2.17. The lowest BCUT2D eigenvalue weighted by molar-refractivity contribution is -0.139. The van der Waals surface area contributed by atoms with Gasteiger partial charge < -0.3 is 15.6 Å². The average molecular weight is 266 g/mol. The molecule has 0 saturated heterocycles. The van der Waals surface area contributed by atoms with E-state index in [1.165, 1.54) is 0 Å². The molecule has 0 radical (unpaired) electrons. The van der Waals surface area contributed by atoms with Gasteiger partial charge in [0.2, 0.25) is 0 Å². The highest BCUT2D eigenvalue weighted by atomic mass is 16.5. The number of aryl methyl sites for hydroxylation is 1. The normalized spacial score (nSPS) is 11.9. The fraction of sp³-hybridized carbons (Fsp3) is 0.462. The molecule has 0 amide bonds. The number of nitrogens with zero attached hydrogens (tertiary/aromatic N) is 1. The monoisotopic (exact) mass is 266 g/mol. The number of carboxylic acid groups (broad SMARTS) is 1. The summed E-state index contributed by atoms with van der Waals surface area (Å²) in [7, 11) is 0. The molecule has 1 unspecified atom stereocenters. The smallest absolute Gasteiger partial charge is 0.356 e. The first-order valence-corrected chi connectivity index (χ1v) is 6.15. The van der Waals surface area contributed by atoms with Gasteiger partial charge in [0, 0.05) is 6.20 Å². The molecule has 0 bridgehead atoms. The van der Waals surface area contributed by atoms with Crippen LogP contribution in [-0.2, 0) is 16.0 Å². The molecule has 1 aromatic rings. The van der Waals surface area contributed by atoms with E-state index < -0.39 is 18.0 Å². The van der Waals surface area contributed by atoms with Crippen molar-refractivity contribution in [2.75, 3.05) is 6.61 Å². The second kappa shape index (κ2) is 7.48. The number of carbonyl (C=O) groups excluding carboxylic acids is 1. The molecule has 0 aliphatic heterocycles. The number of esters is 1. The van der Waals surface area contributed by atoms with Crippen molar-refractivity contribution in [1.82, 2.24) is 4.98 Å². The van der Waals surface area contributed by atoms with Gasteiger partial charge >= 0.3 is 11.9 Å². The summed E-state index contributed by atoms with van der Waals surface area (Å²) < 4.78 is 4.76. The quantitative estimate of drug-likeness (QED) is 0.713. The van der Waals surface area contributed by atoms with Crippen LogP contribution in [-0.4, -0.2) is 34.7 Å². The Hall–Kier alpha value is -1.95. The molecule has 1 aromatic heterocycles. The van der Waals surface area contributed by atoms with Crippen LogP contribution >= 0.6 is 0 Å². The van der Waals surface area contributed by atoms with Crippen molar-refractivity contribution in [3.63, 3.8) is 0 Å². The average Bonchev–Trinajstić information content (AvgIpc) is 2.42. The molecule has 6 nitrogen and oxygen atoms in total. The Labute approximate surface area is 111 Å². The molecule has 19 heavy (non-hydrogen) atoms. The largest absolute Gasteiger partial charge is 0.480 e. The summed E-state index contributed by atoms with van der Waals surface area (Å²) in [5, 5.41) is 8.55. The first-order valence-electron chi connectivity index (χ1n) is 6.15. The zero-order valence-corrected chi connectivity index (χ0v) is 10.8. The summed E-state index contributed by atoms with van der Waals surface area (Å²) >= 11 is 0. The van der Waals surface area contributed by atoms with Crippen molar-refractivity contribution in [3.8, 4) is 0 Å². The molecule has 1 heterocycles. The summed E-state index contributed by atoms with van der Waals surface area (Å²) in [5.41, 5.74) is 6.43. The van der Waals surface area contributed by atoms with Crippen LogP contribution in [0.1, 0.15) is 35.8 Å². The van der Waals surface area contributed by atoms with E-state index in [1.807, 2.05) is 6.07 Å². The van der Waals surface area contributed by atoms with Crippen molar-refractivity contribution >= 4 is 11.9 Å². The van der Waals surface area contributed by atoms with Crippen LogP contribution in [0.5, 0.6) is 0 Å². The highest BCUT2D eigenvalue weighted by Crippen LogP contribution is 2.06. The summed E-state index contributed by atoms with van der Waals surface area (Å²) in [6.07, 6.45) is 4.71. The molecule has 3 N–H and O–H groups in total. The Balaban J connectivity index is 2.51. The van der Waals surface area contributed by atoms with Crippen molar-refractivity contribution in [2.45, 2.75) is 32.2 Å². The SMILES string of the molecule is CCCCc1ccc(C(=O)OCC(N)C(=O)O)nc1. The first-order chi connectivity index (χ1) is 9.04. The number of hydrogen-bond acceptors (Lipinski definition) is 5. The molecular formula is C13H18N2O4. The molecule has 0 aliphatic carbocycles. The van der Waals surface area contributed by atoms with E-state index in [2.05, 4.69) is 11.9 Å². The number of aliphatic carboxylic acids is 1. The van der Waals surface area contributed by atoms with E-state index in [0.717, 1.165) is 24.8 Å². The number of unbranched alkanes of at least 4 members (excludes halogenated alkanes) is 1. The number of aromatic nitrogens is 1. The third-order valence-electron chi connectivity index (χ3n) is 2.56. The van der Waals surface area contributed by atoms with Crippen molar-refractivity contribution < 1.29 is 19.4 Å². The van der Waals surface area contributed by atoms with Crippen LogP contribution in [0.2, 0.25) is 0 Å². The minimum absolute atomic E-state index is 0.151. The number of carboxylic acids is 1. The van der Waals surface area contributed by atoms with Gasteiger partial charge in [0.15, 0.2) is 0 Å². The maximum atomic E-state index is 11.6. The molecule has 0 aliphatic rings. The van der Waals surface area contributed by atoms with Gasteiger partial charge in [-0.15, -0.1) is 0 Å². The molecule has 1 atom stereocenters. The van der Waals surface area contributed by atoms with Gasteiger partial charge in [0.05, 0.1) is 0 Å². The van der Waals surface area contributed by atoms with E-state index >= 15 is 0 Å². The number of nitrogens with two attached hydrogens (primary N) is 1. The van der Waals surface area contributed by atoms with Crippen LogP contribution in [0.15, 0.2) is 18.3 Å². The Kier molecular flexibility index (Phi) is 5.95. The van der Waals surface area contributed by atoms with Gasteiger partial charge in [0.25, 0.3) is 0 Å². The van der Waals surface area contributed by atoms with E-state index in [4.69, 9.17) is 15.6 Å². The maximum Gasteiger partial charge on any atom is 0.356 e. The summed E-state index contributed by atoms with van der Waals surface area (Å²) in [5.74, 6) is -1.88. The Morgan fingerprint density at radius 3 is 2.74 bits per heavy atom. The molecule has 0 saturated carbocycles. The Bertz CT molecular complexity index is 431. The lowest BCUT2D eigenvalue weighted by Crippen LogP contribution is -2.35. The molecule has 0 spiro atoms. The topological polar surface area (TPSA) is 103 Å². The van der Waals surface area contributed by atoms with Crippen molar-refractivity contribution in [2.24, 2.45) is 5.73 Å². The molecule has 6 heteroatoms. The van der Waals surface area contributed by atoms with Crippen LogP contribution in [0.3, 0.4) is 0 Å². The van der Waals surface area contributed by atoms with Crippen molar-refractivity contribution in [1.29, 1.82) is 0 Å². The molecule has 1 rings (SSSR count). The number of rotatable bonds is 7. The summed E-state index contributed by atoms with van der Waals surface area (Å²) in [6.45, 7) is 1.73. The van der Waals surface area contributed by atoms with Gasteiger partial charge in [-0.2, -0.15) is 0 Å². The van der Waals surface area contributed by atoms with Gasteiger partial charge in [-0.1, -0.05) is 19.4 Å². The lowest BCUT2D eigenvalue weighted by atomic mass is 10.1. The van der Waals surface area contributed by atoms with Gasteiger partial charge in [0.1, 0.15) is 18.3 Å². The van der Waals surface area contributed by atoms with Crippen LogP contribution in [0, 0.1) is 0 Å². The van der Waals surface area contributed by atoms with E-state index in [-0.39, 0.29) is 12.3 Å². The molecule has 0 fully saturated rings. The van der Waals surface area contributed by atoms with Crippen molar-refractivity contribution in [3.05, 3.63) is 29.6 Å². The van der Waals surface area contributed by atoms with Crippen LogP contribution < -0.4 is 5.73 Å².